The third-order valence-electron chi connectivity index (χ3n) is 3.10. The molecule has 1 fully saturated rings. The largest absolute Gasteiger partial charge is 0.469 e. The second-order valence-corrected chi connectivity index (χ2v) is 5.92. The van der Waals surface area contributed by atoms with Crippen molar-refractivity contribution in [3.63, 3.8) is 0 Å². The summed E-state index contributed by atoms with van der Waals surface area (Å²) in [5, 5.41) is 0. The van der Waals surface area contributed by atoms with E-state index in [-0.39, 0.29) is 30.4 Å². The van der Waals surface area contributed by atoms with Gasteiger partial charge in [0, 0.05) is 25.0 Å². The van der Waals surface area contributed by atoms with Gasteiger partial charge in [0.25, 0.3) is 0 Å². The van der Waals surface area contributed by atoms with E-state index in [9.17, 15) is 9.59 Å². The van der Waals surface area contributed by atoms with E-state index >= 15 is 0 Å². The molecule has 6 heteroatoms. The second kappa shape index (κ2) is 6.23. The number of ether oxygens (including phenoxy) is 2. The van der Waals surface area contributed by atoms with E-state index in [0.29, 0.717) is 19.5 Å². The summed E-state index contributed by atoms with van der Waals surface area (Å²) in [5.41, 5.74) is 5.47. The average molecular weight is 272 g/mol. The summed E-state index contributed by atoms with van der Waals surface area (Å²) in [6.07, 6.45) is 0.548. The monoisotopic (exact) mass is 272 g/mol. The van der Waals surface area contributed by atoms with Crippen molar-refractivity contribution in [3.8, 4) is 0 Å². The Labute approximate surface area is 114 Å². The van der Waals surface area contributed by atoms with Gasteiger partial charge in [-0.1, -0.05) is 0 Å². The summed E-state index contributed by atoms with van der Waals surface area (Å²) in [5.74, 6) is -0.375. The molecule has 2 atom stereocenters. The molecule has 0 aromatic rings. The fraction of sp³-hybridized carbons (Fsp3) is 0.846. The van der Waals surface area contributed by atoms with Gasteiger partial charge >= 0.3 is 12.1 Å². The zero-order valence-corrected chi connectivity index (χ0v) is 12.1. The molecular formula is C13H24N2O4. The molecule has 1 heterocycles. The van der Waals surface area contributed by atoms with Gasteiger partial charge in [-0.3, -0.25) is 4.79 Å². The molecular weight excluding hydrogens is 248 g/mol. The molecule has 110 valence electrons. The standard InChI is InChI=1S/C13H24N2O4/c1-13(2,3)19-12(17)15-6-5-10(14)9(8-15)7-11(16)18-4/h9-10H,5-8,14H2,1-4H3/t9-,10+/m0/s1. The molecule has 0 aromatic heterocycles. The molecule has 1 saturated heterocycles. The lowest BCUT2D eigenvalue weighted by Crippen LogP contribution is -2.50. The maximum absolute atomic E-state index is 12.0. The van der Waals surface area contributed by atoms with Crippen LogP contribution in [-0.4, -0.2) is 48.8 Å². The smallest absolute Gasteiger partial charge is 0.410 e. The summed E-state index contributed by atoms with van der Waals surface area (Å²) in [7, 11) is 1.35. The Hall–Kier alpha value is -1.30. The van der Waals surface area contributed by atoms with Gasteiger partial charge in [0.1, 0.15) is 5.60 Å². The van der Waals surface area contributed by atoms with Crippen LogP contribution >= 0.6 is 0 Å². The normalized spacial score (nSPS) is 23.9. The molecule has 0 radical (unpaired) electrons. The molecule has 19 heavy (non-hydrogen) atoms. The number of carbonyl (C=O) groups is 2. The number of hydrogen-bond donors (Lipinski definition) is 1. The van der Waals surface area contributed by atoms with Crippen LogP contribution in [0.3, 0.4) is 0 Å². The molecule has 0 saturated carbocycles. The number of likely N-dealkylation sites (tertiary alicyclic amines) is 1. The highest BCUT2D eigenvalue weighted by Gasteiger charge is 2.33. The minimum atomic E-state index is -0.519. The van der Waals surface area contributed by atoms with Gasteiger partial charge in [-0.2, -0.15) is 0 Å². The molecule has 6 nitrogen and oxygen atoms in total. The van der Waals surface area contributed by atoms with Gasteiger partial charge in [-0.15, -0.1) is 0 Å². The highest BCUT2D eigenvalue weighted by Crippen LogP contribution is 2.21. The number of methoxy groups -OCH3 is 1. The van der Waals surface area contributed by atoms with Crippen molar-refractivity contribution in [1.29, 1.82) is 0 Å². The molecule has 0 aromatic carbocycles. The number of amides is 1. The zero-order valence-electron chi connectivity index (χ0n) is 12.1. The molecule has 0 unspecified atom stereocenters. The Balaban J connectivity index is 2.58. The molecule has 0 bridgehead atoms. The van der Waals surface area contributed by atoms with Crippen LogP contribution in [0.15, 0.2) is 0 Å². The summed E-state index contributed by atoms with van der Waals surface area (Å²) in [6, 6.07) is -0.0854. The number of nitrogens with zero attached hydrogens (tertiary/aromatic N) is 1. The van der Waals surface area contributed by atoms with Gasteiger partial charge in [0.05, 0.1) is 13.5 Å². The van der Waals surface area contributed by atoms with Crippen molar-refractivity contribution >= 4 is 12.1 Å². The highest BCUT2D eigenvalue weighted by molar-refractivity contribution is 5.70. The summed E-state index contributed by atoms with van der Waals surface area (Å²) in [6.45, 7) is 6.48. The van der Waals surface area contributed by atoms with Gasteiger partial charge in [0.2, 0.25) is 0 Å². The third kappa shape index (κ3) is 5.06. The van der Waals surface area contributed by atoms with Crippen LogP contribution in [0.5, 0.6) is 0 Å². The van der Waals surface area contributed by atoms with E-state index in [1.54, 1.807) is 4.90 Å². The van der Waals surface area contributed by atoms with E-state index < -0.39 is 5.60 Å². The van der Waals surface area contributed by atoms with Crippen LogP contribution < -0.4 is 5.73 Å². The van der Waals surface area contributed by atoms with Crippen molar-refractivity contribution in [2.75, 3.05) is 20.2 Å². The van der Waals surface area contributed by atoms with Crippen LogP contribution in [0.2, 0.25) is 0 Å². The van der Waals surface area contributed by atoms with Crippen LogP contribution in [0.4, 0.5) is 4.79 Å². The Morgan fingerprint density at radius 3 is 2.53 bits per heavy atom. The minimum absolute atomic E-state index is 0.0753. The number of hydrogen-bond acceptors (Lipinski definition) is 5. The Bertz CT molecular complexity index is 338. The number of carbonyl (C=O) groups excluding carboxylic acids is 2. The number of esters is 1. The van der Waals surface area contributed by atoms with Gasteiger partial charge in [-0.05, 0) is 27.2 Å². The molecule has 1 rings (SSSR count). The predicted octanol–water partition coefficient (Wildman–Crippen LogP) is 1.13. The quantitative estimate of drug-likeness (QED) is 0.762. The maximum Gasteiger partial charge on any atom is 0.410 e. The highest BCUT2D eigenvalue weighted by atomic mass is 16.6. The van der Waals surface area contributed by atoms with E-state index in [1.807, 2.05) is 20.8 Å². The molecule has 1 aliphatic heterocycles. The SMILES string of the molecule is COC(=O)C[C@H]1CN(C(=O)OC(C)(C)C)CC[C@H]1N. The van der Waals surface area contributed by atoms with E-state index in [4.69, 9.17) is 10.5 Å². The molecule has 1 amide bonds. The maximum atomic E-state index is 12.0. The molecule has 2 N–H and O–H groups in total. The third-order valence-corrected chi connectivity index (χ3v) is 3.10. The predicted molar refractivity (Wildman–Crippen MR) is 70.5 cm³/mol. The van der Waals surface area contributed by atoms with E-state index in [1.165, 1.54) is 7.11 Å². The molecule has 0 aliphatic carbocycles. The van der Waals surface area contributed by atoms with Crippen LogP contribution in [0.25, 0.3) is 0 Å². The fourth-order valence-electron chi connectivity index (χ4n) is 2.06. The molecule has 1 aliphatic rings. The first-order chi connectivity index (χ1) is 8.73. The van der Waals surface area contributed by atoms with Gasteiger partial charge in [0.15, 0.2) is 0 Å². The first kappa shape index (κ1) is 15.8. The van der Waals surface area contributed by atoms with Crippen molar-refractivity contribution in [3.05, 3.63) is 0 Å². The van der Waals surface area contributed by atoms with Crippen molar-refractivity contribution in [2.24, 2.45) is 11.7 Å². The summed E-state index contributed by atoms with van der Waals surface area (Å²) in [4.78, 5) is 24.9. The Morgan fingerprint density at radius 2 is 2.00 bits per heavy atom. The minimum Gasteiger partial charge on any atom is -0.469 e. The van der Waals surface area contributed by atoms with Gasteiger partial charge < -0.3 is 20.1 Å². The van der Waals surface area contributed by atoms with Crippen molar-refractivity contribution in [1.82, 2.24) is 4.90 Å². The Morgan fingerprint density at radius 1 is 1.37 bits per heavy atom. The van der Waals surface area contributed by atoms with E-state index in [2.05, 4.69) is 4.74 Å². The number of nitrogens with two attached hydrogens (primary N) is 1. The number of piperidine rings is 1. The zero-order chi connectivity index (χ0) is 14.6. The summed E-state index contributed by atoms with van der Waals surface area (Å²) >= 11 is 0. The first-order valence-electron chi connectivity index (χ1n) is 6.53. The van der Waals surface area contributed by atoms with Crippen LogP contribution in [-0.2, 0) is 14.3 Å². The lowest BCUT2D eigenvalue weighted by molar-refractivity contribution is -0.142. The van der Waals surface area contributed by atoms with Crippen LogP contribution in [0.1, 0.15) is 33.6 Å². The number of rotatable bonds is 2. The second-order valence-electron chi connectivity index (χ2n) is 5.92. The van der Waals surface area contributed by atoms with Crippen molar-refractivity contribution in [2.45, 2.75) is 45.3 Å². The summed E-state index contributed by atoms with van der Waals surface area (Å²) < 4.78 is 9.97. The lowest BCUT2D eigenvalue weighted by atomic mass is 9.90. The first-order valence-corrected chi connectivity index (χ1v) is 6.53. The van der Waals surface area contributed by atoms with Crippen LogP contribution in [0, 0.1) is 5.92 Å². The fourth-order valence-corrected chi connectivity index (χ4v) is 2.06. The van der Waals surface area contributed by atoms with Gasteiger partial charge in [-0.25, -0.2) is 4.79 Å². The van der Waals surface area contributed by atoms with E-state index in [0.717, 1.165) is 0 Å². The molecule has 0 spiro atoms. The van der Waals surface area contributed by atoms with Crippen molar-refractivity contribution < 1.29 is 19.1 Å². The Kier molecular flexibility index (Phi) is 5.17. The average Bonchev–Trinajstić information content (AvgIpc) is 2.29. The topological polar surface area (TPSA) is 81.9 Å². The lowest BCUT2D eigenvalue weighted by Gasteiger charge is -2.37.